The van der Waals surface area contributed by atoms with Gasteiger partial charge in [-0.05, 0) is 55.9 Å². The van der Waals surface area contributed by atoms with E-state index in [1.165, 1.54) is 0 Å². The quantitative estimate of drug-likeness (QED) is 0.698. The Bertz CT molecular complexity index is 834. The number of aromatic nitrogens is 3. The van der Waals surface area contributed by atoms with Gasteiger partial charge in [0.25, 0.3) is 0 Å². The zero-order valence-electron chi connectivity index (χ0n) is 11.2. The van der Waals surface area contributed by atoms with Crippen LogP contribution in [-0.2, 0) is 0 Å². The molecule has 3 aromatic rings. The fourth-order valence-electron chi connectivity index (χ4n) is 2.37. The highest BCUT2D eigenvalue weighted by atomic mass is 35.5. The first-order chi connectivity index (χ1) is 9.56. The molecule has 0 radical (unpaired) electrons. The van der Waals surface area contributed by atoms with E-state index in [0.29, 0.717) is 4.77 Å². The summed E-state index contributed by atoms with van der Waals surface area (Å²) in [4.78, 5) is 7.80. The number of halogens is 1. The van der Waals surface area contributed by atoms with Crippen molar-refractivity contribution in [3.63, 3.8) is 0 Å². The van der Waals surface area contributed by atoms with Crippen LogP contribution >= 0.6 is 23.8 Å². The standard InChI is InChI=1S/C15H14ClN3S/c1-9-6-7-13-14(17-9)19(15(20)18-13)10(2)11-4-3-5-12(16)8-11/h3-8,10H,1-2H3,(H,18,20). The van der Waals surface area contributed by atoms with Gasteiger partial charge in [-0.3, -0.25) is 4.57 Å². The monoisotopic (exact) mass is 303 g/mol. The molecular formula is C15H14ClN3S. The molecule has 0 aliphatic heterocycles. The minimum atomic E-state index is 0.0734. The molecule has 1 atom stereocenters. The number of hydrogen-bond donors (Lipinski definition) is 1. The molecule has 1 unspecified atom stereocenters. The summed E-state index contributed by atoms with van der Waals surface area (Å²) < 4.78 is 2.70. The maximum absolute atomic E-state index is 6.07. The third-order valence-electron chi connectivity index (χ3n) is 3.42. The third kappa shape index (κ3) is 2.25. The van der Waals surface area contributed by atoms with Gasteiger partial charge in [0.2, 0.25) is 0 Å². The Morgan fingerprint density at radius 2 is 2.10 bits per heavy atom. The first kappa shape index (κ1) is 13.3. The molecule has 3 nitrogen and oxygen atoms in total. The normalized spacial score (nSPS) is 12.8. The van der Waals surface area contributed by atoms with Crippen molar-refractivity contribution in [2.75, 3.05) is 0 Å². The molecule has 0 amide bonds. The predicted molar refractivity (Wildman–Crippen MR) is 84.9 cm³/mol. The van der Waals surface area contributed by atoms with Gasteiger partial charge in [-0.2, -0.15) is 0 Å². The summed E-state index contributed by atoms with van der Waals surface area (Å²) in [7, 11) is 0. The Balaban J connectivity index is 2.21. The summed E-state index contributed by atoms with van der Waals surface area (Å²) in [6, 6.07) is 11.9. The summed E-state index contributed by atoms with van der Waals surface area (Å²) in [5, 5.41) is 0.727. The third-order valence-corrected chi connectivity index (χ3v) is 3.96. The van der Waals surface area contributed by atoms with E-state index in [1.807, 2.05) is 47.9 Å². The van der Waals surface area contributed by atoms with Crippen LogP contribution in [0.4, 0.5) is 0 Å². The number of pyridine rings is 1. The van der Waals surface area contributed by atoms with Gasteiger partial charge < -0.3 is 4.98 Å². The molecule has 1 aromatic carbocycles. The maximum Gasteiger partial charge on any atom is 0.179 e. The summed E-state index contributed by atoms with van der Waals surface area (Å²) in [5.74, 6) is 0. The van der Waals surface area contributed by atoms with Gasteiger partial charge in [0, 0.05) is 10.7 Å². The molecule has 0 spiro atoms. The number of H-pyrrole nitrogens is 1. The molecule has 20 heavy (non-hydrogen) atoms. The highest BCUT2D eigenvalue weighted by Crippen LogP contribution is 2.25. The molecule has 1 N–H and O–H groups in total. The Kier molecular flexibility index (Phi) is 3.36. The lowest BCUT2D eigenvalue weighted by Gasteiger charge is -2.15. The van der Waals surface area contributed by atoms with Crippen LogP contribution in [0.2, 0.25) is 5.02 Å². The van der Waals surface area contributed by atoms with Crippen molar-refractivity contribution in [1.29, 1.82) is 0 Å². The zero-order valence-corrected chi connectivity index (χ0v) is 12.8. The number of aromatic amines is 1. The zero-order chi connectivity index (χ0) is 14.3. The minimum absolute atomic E-state index is 0.0734. The first-order valence-electron chi connectivity index (χ1n) is 6.39. The van der Waals surface area contributed by atoms with Crippen molar-refractivity contribution in [3.8, 4) is 0 Å². The van der Waals surface area contributed by atoms with Gasteiger partial charge >= 0.3 is 0 Å². The van der Waals surface area contributed by atoms with Crippen molar-refractivity contribution in [2.45, 2.75) is 19.9 Å². The SMILES string of the molecule is Cc1ccc2[nH]c(=S)n(C(C)c3cccc(Cl)c3)c2n1. The molecule has 0 saturated heterocycles. The average Bonchev–Trinajstić information content (AvgIpc) is 2.73. The lowest BCUT2D eigenvalue weighted by Crippen LogP contribution is -2.07. The second kappa shape index (κ2) is 5.04. The van der Waals surface area contributed by atoms with Crippen molar-refractivity contribution < 1.29 is 0 Å². The fraction of sp³-hybridized carbons (Fsp3) is 0.200. The van der Waals surface area contributed by atoms with Crippen LogP contribution in [0, 0.1) is 11.7 Å². The molecule has 0 aliphatic carbocycles. The summed E-state index contributed by atoms with van der Waals surface area (Å²) in [6.45, 7) is 4.07. The molecule has 0 bridgehead atoms. The summed E-state index contributed by atoms with van der Waals surface area (Å²) in [5.41, 5.74) is 3.91. The van der Waals surface area contributed by atoms with E-state index < -0.39 is 0 Å². The van der Waals surface area contributed by atoms with E-state index in [9.17, 15) is 0 Å². The lowest BCUT2D eigenvalue weighted by molar-refractivity contribution is 0.643. The van der Waals surface area contributed by atoms with Gasteiger partial charge in [-0.25, -0.2) is 4.98 Å². The number of fused-ring (bicyclic) bond motifs is 1. The van der Waals surface area contributed by atoms with E-state index in [-0.39, 0.29) is 6.04 Å². The van der Waals surface area contributed by atoms with Crippen LogP contribution in [0.15, 0.2) is 36.4 Å². The van der Waals surface area contributed by atoms with Crippen LogP contribution in [0.5, 0.6) is 0 Å². The average molecular weight is 304 g/mol. The number of aryl methyl sites for hydroxylation is 1. The largest absolute Gasteiger partial charge is 0.329 e. The summed E-state index contributed by atoms with van der Waals surface area (Å²) >= 11 is 11.5. The number of benzene rings is 1. The molecular weight excluding hydrogens is 290 g/mol. The Morgan fingerprint density at radius 1 is 1.30 bits per heavy atom. The molecule has 3 rings (SSSR count). The Hall–Kier alpha value is -1.65. The van der Waals surface area contributed by atoms with Gasteiger partial charge in [-0.1, -0.05) is 23.7 Å². The van der Waals surface area contributed by atoms with E-state index in [0.717, 1.165) is 27.4 Å². The number of nitrogens with one attached hydrogen (secondary N) is 1. The molecule has 2 aromatic heterocycles. The highest BCUT2D eigenvalue weighted by molar-refractivity contribution is 7.71. The number of imidazole rings is 1. The highest BCUT2D eigenvalue weighted by Gasteiger charge is 2.14. The minimum Gasteiger partial charge on any atom is -0.329 e. The van der Waals surface area contributed by atoms with Gasteiger partial charge in [0.15, 0.2) is 10.4 Å². The van der Waals surface area contributed by atoms with Crippen molar-refractivity contribution in [2.24, 2.45) is 0 Å². The number of hydrogen-bond acceptors (Lipinski definition) is 2. The smallest absolute Gasteiger partial charge is 0.179 e. The second-order valence-corrected chi connectivity index (χ2v) is 5.68. The van der Waals surface area contributed by atoms with E-state index >= 15 is 0 Å². The Morgan fingerprint density at radius 3 is 2.85 bits per heavy atom. The summed E-state index contributed by atoms with van der Waals surface area (Å²) in [6.07, 6.45) is 0. The van der Waals surface area contributed by atoms with Crippen molar-refractivity contribution in [1.82, 2.24) is 14.5 Å². The van der Waals surface area contributed by atoms with Crippen LogP contribution in [-0.4, -0.2) is 14.5 Å². The van der Waals surface area contributed by atoms with Crippen LogP contribution < -0.4 is 0 Å². The topological polar surface area (TPSA) is 33.6 Å². The maximum atomic E-state index is 6.07. The fourth-order valence-corrected chi connectivity index (χ4v) is 2.92. The van der Waals surface area contributed by atoms with Gasteiger partial charge in [0.05, 0.1) is 11.6 Å². The van der Waals surface area contributed by atoms with Gasteiger partial charge in [-0.15, -0.1) is 0 Å². The van der Waals surface area contributed by atoms with E-state index in [4.69, 9.17) is 23.8 Å². The van der Waals surface area contributed by atoms with Crippen molar-refractivity contribution in [3.05, 3.63) is 57.4 Å². The van der Waals surface area contributed by atoms with E-state index in [2.05, 4.69) is 16.9 Å². The first-order valence-corrected chi connectivity index (χ1v) is 7.18. The molecule has 0 saturated carbocycles. The van der Waals surface area contributed by atoms with Crippen LogP contribution in [0.25, 0.3) is 11.2 Å². The molecule has 5 heteroatoms. The second-order valence-electron chi connectivity index (χ2n) is 4.85. The molecule has 102 valence electrons. The Labute approximate surface area is 127 Å². The number of rotatable bonds is 2. The number of nitrogens with zero attached hydrogens (tertiary/aromatic N) is 2. The predicted octanol–water partition coefficient (Wildman–Crippen LogP) is 4.67. The lowest BCUT2D eigenvalue weighted by atomic mass is 10.1. The van der Waals surface area contributed by atoms with Crippen LogP contribution in [0.1, 0.15) is 24.2 Å². The van der Waals surface area contributed by atoms with Crippen LogP contribution in [0.3, 0.4) is 0 Å². The molecule has 0 aliphatic rings. The van der Waals surface area contributed by atoms with E-state index in [1.54, 1.807) is 0 Å². The molecule has 0 fully saturated rings. The molecule has 2 heterocycles. The van der Waals surface area contributed by atoms with Gasteiger partial charge in [0.1, 0.15) is 0 Å². The van der Waals surface area contributed by atoms with Crippen molar-refractivity contribution >= 4 is 35.0 Å².